The summed E-state index contributed by atoms with van der Waals surface area (Å²) in [5, 5.41) is 8.30. The lowest BCUT2D eigenvalue weighted by Crippen LogP contribution is -2.35. The van der Waals surface area contributed by atoms with Crippen molar-refractivity contribution >= 4 is 11.7 Å². The van der Waals surface area contributed by atoms with E-state index in [0.717, 1.165) is 6.42 Å². The SMILES string of the molecule is O=C(CCNc1n[nH]c(=O)[nH]c1=O)NNC=CCc1ccccc1. The Hall–Kier alpha value is -3.36. The van der Waals surface area contributed by atoms with E-state index in [2.05, 4.69) is 26.4 Å². The van der Waals surface area contributed by atoms with E-state index in [1.165, 1.54) is 5.56 Å². The lowest BCUT2D eigenvalue weighted by Gasteiger charge is -2.05. The number of nitrogens with one attached hydrogen (secondary N) is 5. The van der Waals surface area contributed by atoms with Crippen molar-refractivity contribution < 1.29 is 4.79 Å². The highest BCUT2D eigenvalue weighted by atomic mass is 16.2. The lowest BCUT2D eigenvalue weighted by atomic mass is 10.1. The zero-order valence-electron chi connectivity index (χ0n) is 12.8. The molecule has 126 valence electrons. The first-order valence-corrected chi connectivity index (χ1v) is 7.31. The maximum absolute atomic E-state index is 11.6. The summed E-state index contributed by atoms with van der Waals surface area (Å²) in [5.41, 5.74) is 5.03. The van der Waals surface area contributed by atoms with Gasteiger partial charge in [0, 0.05) is 19.2 Å². The number of hydrogen-bond donors (Lipinski definition) is 5. The van der Waals surface area contributed by atoms with Crippen molar-refractivity contribution in [3.63, 3.8) is 0 Å². The molecule has 0 bridgehead atoms. The Morgan fingerprint density at radius 1 is 1.21 bits per heavy atom. The second kappa shape index (κ2) is 8.93. The fourth-order valence-electron chi connectivity index (χ4n) is 1.81. The number of carbonyl (C=O) groups is 1. The molecule has 9 nitrogen and oxygen atoms in total. The van der Waals surface area contributed by atoms with Crippen LogP contribution in [0.3, 0.4) is 0 Å². The van der Waals surface area contributed by atoms with Gasteiger partial charge in [-0.3, -0.25) is 20.0 Å². The van der Waals surface area contributed by atoms with Crippen LogP contribution in [-0.2, 0) is 11.2 Å². The normalized spacial score (nSPS) is 10.5. The van der Waals surface area contributed by atoms with Gasteiger partial charge >= 0.3 is 5.69 Å². The third-order valence-corrected chi connectivity index (χ3v) is 2.97. The highest BCUT2D eigenvalue weighted by molar-refractivity contribution is 5.75. The summed E-state index contributed by atoms with van der Waals surface area (Å²) < 4.78 is 0. The molecule has 0 atom stereocenters. The molecule has 2 rings (SSSR count). The molecule has 0 aliphatic rings. The third-order valence-electron chi connectivity index (χ3n) is 2.97. The minimum atomic E-state index is -0.685. The minimum Gasteiger partial charge on any atom is -0.364 e. The van der Waals surface area contributed by atoms with Crippen LogP contribution in [0.1, 0.15) is 12.0 Å². The highest BCUT2D eigenvalue weighted by Gasteiger charge is 2.03. The smallest absolute Gasteiger partial charge is 0.342 e. The van der Waals surface area contributed by atoms with E-state index in [1.54, 1.807) is 6.20 Å². The lowest BCUT2D eigenvalue weighted by molar-refractivity contribution is -0.121. The molecule has 1 aromatic heterocycles. The Kier molecular flexibility index (Phi) is 6.33. The monoisotopic (exact) mass is 330 g/mol. The molecular weight excluding hydrogens is 312 g/mol. The molecule has 24 heavy (non-hydrogen) atoms. The predicted molar refractivity (Wildman–Crippen MR) is 89.1 cm³/mol. The van der Waals surface area contributed by atoms with Crippen LogP contribution in [0.25, 0.3) is 0 Å². The first-order valence-electron chi connectivity index (χ1n) is 7.31. The zero-order chi connectivity index (χ0) is 17.2. The van der Waals surface area contributed by atoms with E-state index in [1.807, 2.05) is 41.4 Å². The van der Waals surface area contributed by atoms with Crippen molar-refractivity contribution in [3.8, 4) is 0 Å². The summed E-state index contributed by atoms with van der Waals surface area (Å²) in [6, 6.07) is 9.92. The molecule has 1 amide bonds. The molecule has 5 N–H and O–H groups in total. The molecule has 0 radical (unpaired) electrons. The topological polar surface area (TPSA) is 132 Å². The van der Waals surface area contributed by atoms with Gasteiger partial charge in [0.1, 0.15) is 0 Å². The third kappa shape index (κ3) is 5.79. The van der Waals surface area contributed by atoms with Crippen LogP contribution in [0, 0.1) is 0 Å². The molecule has 0 aliphatic heterocycles. The predicted octanol–water partition coefficient (Wildman–Crippen LogP) is -0.363. The van der Waals surface area contributed by atoms with Crippen molar-refractivity contribution in [1.29, 1.82) is 0 Å². The van der Waals surface area contributed by atoms with Crippen LogP contribution < -0.4 is 27.4 Å². The summed E-state index contributed by atoms with van der Waals surface area (Å²) in [6.07, 6.45) is 4.41. The number of benzene rings is 1. The number of allylic oxidation sites excluding steroid dienone is 1. The van der Waals surface area contributed by atoms with E-state index in [0.29, 0.717) is 0 Å². The van der Waals surface area contributed by atoms with Crippen molar-refractivity contribution in [3.05, 3.63) is 69.0 Å². The largest absolute Gasteiger partial charge is 0.364 e. The first kappa shape index (κ1) is 17.0. The number of hydrogen-bond acceptors (Lipinski definition) is 6. The van der Waals surface area contributed by atoms with Crippen LogP contribution in [0.15, 0.2) is 52.2 Å². The van der Waals surface area contributed by atoms with Gasteiger partial charge in [0.25, 0.3) is 5.56 Å². The molecule has 0 saturated heterocycles. The molecule has 0 unspecified atom stereocenters. The number of hydrazine groups is 1. The Labute approximate surface area is 137 Å². The van der Waals surface area contributed by atoms with Crippen molar-refractivity contribution in [2.45, 2.75) is 12.8 Å². The summed E-state index contributed by atoms with van der Waals surface area (Å²) in [4.78, 5) is 35.8. The van der Waals surface area contributed by atoms with Gasteiger partial charge in [0.05, 0.1) is 0 Å². The Morgan fingerprint density at radius 3 is 2.75 bits per heavy atom. The average molecular weight is 330 g/mol. The molecule has 0 fully saturated rings. The number of amides is 1. The van der Waals surface area contributed by atoms with Gasteiger partial charge in [0.15, 0.2) is 0 Å². The Bertz CT molecular complexity index is 797. The molecule has 0 aliphatic carbocycles. The molecule has 0 spiro atoms. The fourth-order valence-corrected chi connectivity index (χ4v) is 1.81. The first-order chi connectivity index (χ1) is 11.6. The summed E-state index contributed by atoms with van der Waals surface area (Å²) >= 11 is 0. The molecule has 1 aromatic carbocycles. The van der Waals surface area contributed by atoms with Gasteiger partial charge in [-0.1, -0.05) is 36.4 Å². The van der Waals surface area contributed by atoms with Gasteiger partial charge in [-0.15, -0.1) is 5.10 Å². The van der Waals surface area contributed by atoms with Gasteiger partial charge in [-0.2, -0.15) is 0 Å². The van der Waals surface area contributed by atoms with Crippen molar-refractivity contribution in [2.75, 3.05) is 11.9 Å². The summed E-state index contributed by atoms with van der Waals surface area (Å²) in [7, 11) is 0. The zero-order valence-corrected chi connectivity index (χ0v) is 12.8. The van der Waals surface area contributed by atoms with Gasteiger partial charge in [-0.25, -0.2) is 9.89 Å². The van der Waals surface area contributed by atoms with Crippen molar-refractivity contribution in [2.24, 2.45) is 0 Å². The second-order valence-corrected chi connectivity index (χ2v) is 4.82. The van der Waals surface area contributed by atoms with Crippen LogP contribution in [0.2, 0.25) is 0 Å². The number of anilines is 1. The summed E-state index contributed by atoms with van der Waals surface area (Å²) in [5.74, 6) is -0.300. The van der Waals surface area contributed by atoms with Crippen LogP contribution in [0.5, 0.6) is 0 Å². The molecule has 9 heteroatoms. The van der Waals surface area contributed by atoms with Crippen molar-refractivity contribution in [1.82, 2.24) is 26.0 Å². The number of aromatic nitrogens is 3. The van der Waals surface area contributed by atoms with Crippen LogP contribution in [0.4, 0.5) is 5.82 Å². The Morgan fingerprint density at radius 2 is 2.00 bits per heavy atom. The standard InChI is InChI=1S/C15H18N6O3/c22-12(8-10-16-13-14(23)18-15(24)21-20-13)19-17-9-4-7-11-5-2-1-3-6-11/h1-6,9,17H,7-8,10H2,(H,16,20)(H,19,22)(H2,18,21,23,24). The molecular formula is C15H18N6O3. The van der Waals surface area contributed by atoms with E-state index in [-0.39, 0.29) is 24.7 Å². The second-order valence-electron chi connectivity index (χ2n) is 4.82. The molecule has 1 heterocycles. The maximum Gasteiger partial charge on any atom is 0.342 e. The fraction of sp³-hybridized carbons (Fsp3) is 0.200. The highest BCUT2D eigenvalue weighted by Crippen LogP contribution is 1.99. The number of nitrogens with zero attached hydrogens (tertiary/aromatic N) is 1. The van der Waals surface area contributed by atoms with Gasteiger partial charge in [0.2, 0.25) is 11.7 Å². The van der Waals surface area contributed by atoms with Crippen LogP contribution >= 0.6 is 0 Å². The summed E-state index contributed by atoms with van der Waals surface area (Å²) in [6.45, 7) is 0.198. The number of carbonyl (C=O) groups excluding carboxylic acids is 1. The van der Waals surface area contributed by atoms with E-state index in [4.69, 9.17) is 0 Å². The number of aromatic amines is 2. The molecule has 0 saturated carbocycles. The number of rotatable bonds is 8. The Balaban J connectivity index is 1.63. The van der Waals surface area contributed by atoms with Gasteiger partial charge in [-0.05, 0) is 12.0 Å². The van der Waals surface area contributed by atoms with Crippen LogP contribution in [-0.4, -0.2) is 27.6 Å². The van der Waals surface area contributed by atoms with E-state index in [9.17, 15) is 14.4 Å². The minimum absolute atomic E-state index is 0.0434. The van der Waals surface area contributed by atoms with E-state index >= 15 is 0 Å². The molecule has 2 aromatic rings. The average Bonchev–Trinajstić information content (AvgIpc) is 2.57. The quantitative estimate of drug-likeness (QED) is 0.420. The van der Waals surface area contributed by atoms with Gasteiger partial charge < -0.3 is 10.7 Å². The number of H-pyrrole nitrogens is 2. The maximum atomic E-state index is 11.6. The van der Waals surface area contributed by atoms with E-state index < -0.39 is 11.2 Å².